The molecule has 70 valence electrons. The lowest BCUT2D eigenvalue weighted by atomic mass is 9.86. The third-order valence-corrected chi connectivity index (χ3v) is 2.49. The first-order valence-electron chi connectivity index (χ1n) is 5.11. The van der Waals surface area contributed by atoms with Crippen molar-refractivity contribution < 1.29 is 0 Å². The molecule has 0 aromatic carbocycles. The second kappa shape index (κ2) is 6.53. The topological polar surface area (TPSA) is 3.24 Å². The van der Waals surface area contributed by atoms with Gasteiger partial charge in [-0.3, -0.25) is 0 Å². The number of hydrogen-bond donors (Lipinski definition) is 0. The van der Waals surface area contributed by atoms with E-state index in [1.165, 1.54) is 6.42 Å². The highest BCUT2D eigenvalue weighted by Crippen LogP contribution is 2.08. The van der Waals surface area contributed by atoms with Crippen molar-refractivity contribution >= 4 is 7.85 Å². The third kappa shape index (κ3) is 4.81. The van der Waals surface area contributed by atoms with Crippen LogP contribution in [0.25, 0.3) is 0 Å². The third-order valence-electron chi connectivity index (χ3n) is 2.49. The maximum atomic E-state index is 5.71. The predicted molar refractivity (Wildman–Crippen MR) is 56.8 cm³/mol. The first kappa shape index (κ1) is 12.0. The van der Waals surface area contributed by atoms with Gasteiger partial charge >= 0.3 is 0 Å². The standard InChI is InChI=1S/C10H22BN/c1-5-10(4)12(6-2)8-7-9(3)11/h9-10H,5-8H2,1-4H3. The molecular weight excluding hydrogens is 145 g/mol. The molecule has 1 nitrogen and oxygen atoms in total. The maximum absolute atomic E-state index is 5.71. The van der Waals surface area contributed by atoms with E-state index >= 15 is 0 Å². The molecule has 0 aliphatic rings. The molecule has 0 rings (SSSR count). The Morgan fingerprint density at radius 1 is 1.25 bits per heavy atom. The fourth-order valence-electron chi connectivity index (χ4n) is 1.32. The molecule has 2 radical (unpaired) electrons. The van der Waals surface area contributed by atoms with Gasteiger partial charge in [-0.25, -0.2) is 0 Å². The second-order valence-corrected chi connectivity index (χ2v) is 3.65. The Hall–Kier alpha value is 0.0249. The molecule has 0 saturated heterocycles. The zero-order chi connectivity index (χ0) is 9.56. The Labute approximate surface area is 78.9 Å². The summed E-state index contributed by atoms with van der Waals surface area (Å²) < 4.78 is 0. The zero-order valence-corrected chi connectivity index (χ0v) is 9.01. The minimum atomic E-state index is 0.336. The minimum Gasteiger partial charge on any atom is -0.301 e. The zero-order valence-electron chi connectivity index (χ0n) is 9.01. The van der Waals surface area contributed by atoms with Gasteiger partial charge in [-0.1, -0.05) is 26.6 Å². The lowest BCUT2D eigenvalue weighted by Crippen LogP contribution is -2.33. The quantitative estimate of drug-likeness (QED) is 0.549. The molecule has 0 saturated carbocycles. The predicted octanol–water partition coefficient (Wildman–Crippen LogP) is 2.47. The minimum absolute atomic E-state index is 0.336. The van der Waals surface area contributed by atoms with Crippen LogP contribution in [0.4, 0.5) is 0 Å². The van der Waals surface area contributed by atoms with Crippen LogP contribution in [0.1, 0.15) is 40.5 Å². The van der Waals surface area contributed by atoms with E-state index in [2.05, 4.69) is 32.6 Å². The van der Waals surface area contributed by atoms with E-state index in [-0.39, 0.29) is 0 Å². The summed E-state index contributed by atoms with van der Waals surface area (Å²) in [5, 5.41) is 0. The van der Waals surface area contributed by atoms with Gasteiger partial charge in [0, 0.05) is 6.04 Å². The summed E-state index contributed by atoms with van der Waals surface area (Å²) in [5.74, 6) is 0.336. The summed E-state index contributed by atoms with van der Waals surface area (Å²) in [4.78, 5) is 2.49. The highest BCUT2D eigenvalue weighted by Gasteiger charge is 2.09. The molecule has 0 aromatic heterocycles. The highest BCUT2D eigenvalue weighted by molar-refractivity contribution is 6.11. The molecule has 0 aliphatic heterocycles. The fourth-order valence-corrected chi connectivity index (χ4v) is 1.32. The molecular formula is C10H22BN. The Morgan fingerprint density at radius 2 is 1.83 bits per heavy atom. The van der Waals surface area contributed by atoms with Gasteiger partial charge in [-0.15, -0.1) is 0 Å². The van der Waals surface area contributed by atoms with E-state index in [1.54, 1.807) is 0 Å². The summed E-state index contributed by atoms with van der Waals surface area (Å²) in [5.41, 5.74) is 0. The van der Waals surface area contributed by atoms with Gasteiger partial charge < -0.3 is 4.90 Å². The van der Waals surface area contributed by atoms with Crippen LogP contribution in [0.2, 0.25) is 5.82 Å². The van der Waals surface area contributed by atoms with Crippen molar-refractivity contribution in [1.29, 1.82) is 0 Å². The van der Waals surface area contributed by atoms with Gasteiger partial charge in [0.25, 0.3) is 0 Å². The van der Waals surface area contributed by atoms with Gasteiger partial charge in [0.1, 0.15) is 0 Å². The Bertz CT molecular complexity index is 104. The maximum Gasteiger partial charge on any atom is 0.0696 e. The second-order valence-electron chi connectivity index (χ2n) is 3.65. The fraction of sp³-hybridized carbons (Fsp3) is 1.00. The van der Waals surface area contributed by atoms with E-state index < -0.39 is 0 Å². The van der Waals surface area contributed by atoms with Crippen molar-refractivity contribution in [3.8, 4) is 0 Å². The SMILES string of the molecule is [B]C(C)CCN(CC)C(C)CC. The lowest BCUT2D eigenvalue weighted by molar-refractivity contribution is 0.212. The highest BCUT2D eigenvalue weighted by atomic mass is 15.1. The van der Waals surface area contributed by atoms with E-state index in [4.69, 9.17) is 7.85 Å². The molecule has 0 aromatic rings. The van der Waals surface area contributed by atoms with Gasteiger partial charge in [0.2, 0.25) is 0 Å². The molecule has 0 N–H and O–H groups in total. The van der Waals surface area contributed by atoms with E-state index in [0.29, 0.717) is 11.9 Å². The Balaban J connectivity index is 3.67. The van der Waals surface area contributed by atoms with Crippen LogP contribution in [0.15, 0.2) is 0 Å². The van der Waals surface area contributed by atoms with Crippen molar-refractivity contribution in [2.75, 3.05) is 13.1 Å². The van der Waals surface area contributed by atoms with Gasteiger partial charge in [-0.2, -0.15) is 0 Å². The molecule has 0 amide bonds. The van der Waals surface area contributed by atoms with Crippen LogP contribution in [-0.4, -0.2) is 31.9 Å². The molecule has 2 heteroatoms. The number of hydrogen-bond acceptors (Lipinski definition) is 1. The van der Waals surface area contributed by atoms with Crippen LogP contribution in [0, 0.1) is 0 Å². The van der Waals surface area contributed by atoms with Crippen LogP contribution >= 0.6 is 0 Å². The van der Waals surface area contributed by atoms with Crippen molar-refractivity contribution in [2.45, 2.75) is 52.4 Å². The van der Waals surface area contributed by atoms with Crippen LogP contribution in [0.5, 0.6) is 0 Å². The molecule has 0 fully saturated rings. The summed E-state index contributed by atoms with van der Waals surface area (Å²) in [6.07, 6.45) is 2.34. The van der Waals surface area contributed by atoms with Gasteiger partial charge in [-0.05, 0) is 32.9 Å². The first-order valence-corrected chi connectivity index (χ1v) is 5.11. The van der Waals surface area contributed by atoms with Gasteiger partial charge in [0.05, 0.1) is 7.85 Å². The van der Waals surface area contributed by atoms with Gasteiger partial charge in [0.15, 0.2) is 0 Å². The van der Waals surface area contributed by atoms with E-state index in [1.807, 2.05) is 0 Å². The number of nitrogens with zero attached hydrogens (tertiary/aromatic N) is 1. The summed E-state index contributed by atoms with van der Waals surface area (Å²) in [6.45, 7) is 11.1. The largest absolute Gasteiger partial charge is 0.301 e. The Morgan fingerprint density at radius 3 is 2.17 bits per heavy atom. The molecule has 2 atom stereocenters. The molecule has 12 heavy (non-hydrogen) atoms. The Kier molecular flexibility index (Phi) is 6.54. The van der Waals surface area contributed by atoms with Crippen molar-refractivity contribution in [1.82, 2.24) is 4.90 Å². The van der Waals surface area contributed by atoms with Crippen LogP contribution in [0.3, 0.4) is 0 Å². The van der Waals surface area contributed by atoms with Crippen LogP contribution < -0.4 is 0 Å². The van der Waals surface area contributed by atoms with Crippen molar-refractivity contribution in [3.63, 3.8) is 0 Å². The molecule has 0 heterocycles. The summed E-state index contributed by atoms with van der Waals surface area (Å²) in [6, 6.07) is 0.703. The molecule has 0 aliphatic carbocycles. The molecule has 2 unspecified atom stereocenters. The van der Waals surface area contributed by atoms with Crippen molar-refractivity contribution in [2.24, 2.45) is 0 Å². The number of rotatable bonds is 6. The smallest absolute Gasteiger partial charge is 0.0696 e. The first-order chi connectivity index (χ1) is 5.61. The average molecular weight is 167 g/mol. The monoisotopic (exact) mass is 167 g/mol. The lowest BCUT2D eigenvalue weighted by Gasteiger charge is -2.27. The van der Waals surface area contributed by atoms with E-state index in [9.17, 15) is 0 Å². The van der Waals surface area contributed by atoms with E-state index in [0.717, 1.165) is 19.5 Å². The molecule has 0 spiro atoms. The summed E-state index contributed by atoms with van der Waals surface area (Å²) in [7, 11) is 5.71. The molecule has 0 bridgehead atoms. The normalized spacial score (nSPS) is 16.4. The summed E-state index contributed by atoms with van der Waals surface area (Å²) >= 11 is 0. The van der Waals surface area contributed by atoms with Crippen LogP contribution in [-0.2, 0) is 0 Å². The average Bonchev–Trinajstić information content (AvgIpc) is 2.04. The van der Waals surface area contributed by atoms with Crippen molar-refractivity contribution in [3.05, 3.63) is 0 Å².